The second-order valence-corrected chi connectivity index (χ2v) is 8.41. The number of halogens is 1. The molecule has 1 saturated heterocycles. The van der Waals surface area contributed by atoms with E-state index < -0.39 is 11.5 Å². The molecule has 2 aliphatic rings. The van der Waals surface area contributed by atoms with Gasteiger partial charge < -0.3 is 10.0 Å². The molecule has 0 radical (unpaired) electrons. The first-order valence-electron chi connectivity index (χ1n) is 10.5. The number of likely N-dealkylation sites (tertiary alicyclic amines) is 1. The van der Waals surface area contributed by atoms with Gasteiger partial charge in [-0.1, -0.05) is 18.2 Å². The van der Waals surface area contributed by atoms with E-state index in [0.29, 0.717) is 29.9 Å². The lowest BCUT2D eigenvalue weighted by Gasteiger charge is -2.16. The zero-order valence-corrected chi connectivity index (χ0v) is 16.9. The van der Waals surface area contributed by atoms with Crippen LogP contribution in [-0.2, 0) is 11.2 Å². The van der Waals surface area contributed by atoms with Crippen molar-refractivity contribution in [3.63, 3.8) is 0 Å². The summed E-state index contributed by atoms with van der Waals surface area (Å²) in [4.78, 5) is 26.6. The number of phenolic OH excluding ortho intramolecular Hbond substituents is 1. The number of amides is 1. The van der Waals surface area contributed by atoms with Gasteiger partial charge in [-0.25, -0.2) is 18.9 Å². The van der Waals surface area contributed by atoms with Crippen molar-refractivity contribution in [2.45, 2.75) is 25.7 Å². The number of benzene rings is 2. The molecule has 0 bridgehead atoms. The van der Waals surface area contributed by atoms with Crippen LogP contribution in [0.3, 0.4) is 0 Å². The van der Waals surface area contributed by atoms with Gasteiger partial charge in [0.2, 0.25) is 5.91 Å². The predicted molar refractivity (Wildman–Crippen MR) is 112 cm³/mol. The van der Waals surface area contributed by atoms with Crippen molar-refractivity contribution in [2.75, 3.05) is 13.1 Å². The second kappa shape index (κ2) is 7.68. The van der Waals surface area contributed by atoms with Crippen LogP contribution in [0.2, 0.25) is 0 Å². The summed E-state index contributed by atoms with van der Waals surface area (Å²) in [7, 11) is 0. The third-order valence-electron chi connectivity index (χ3n) is 6.11. The maximum Gasteiger partial charge on any atom is 0.348 e. The van der Waals surface area contributed by atoms with Crippen LogP contribution in [-0.4, -0.2) is 43.8 Å². The number of nitrogens with zero attached hydrogens (tertiary/aromatic N) is 3. The maximum atomic E-state index is 15.0. The molecule has 8 heteroatoms. The summed E-state index contributed by atoms with van der Waals surface area (Å²) >= 11 is 0. The minimum atomic E-state index is -0.553. The highest BCUT2D eigenvalue weighted by atomic mass is 19.1. The molecule has 31 heavy (non-hydrogen) atoms. The van der Waals surface area contributed by atoms with Crippen molar-refractivity contribution >= 4 is 5.91 Å². The van der Waals surface area contributed by atoms with Gasteiger partial charge >= 0.3 is 5.69 Å². The summed E-state index contributed by atoms with van der Waals surface area (Å²) in [6, 6.07) is 11.2. The Balaban J connectivity index is 1.38. The number of H-pyrrole nitrogens is 1. The first-order valence-corrected chi connectivity index (χ1v) is 10.5. The number of carbonyl (C=O) groups excluding carboxylic acids is 1. The lowest BCUT2D eigenvalue weighted by molar-refractivity contribution is -0.131. The number of hydrogen-bond acceptors (Lipinski definition) is 4. The lowest BCUT2D eigenvalue weighted by atomic mass is 10.0. The summed E-state index contributed by atoms with van der Waals surface area (Å²) < 4.78 is 16.3. The molecule has 160 valence electrons. The second-order valence-electron chi connectivity index (χ2n) is 8.41. The average molecular weight is 422 g/mol. The molecule has 2 heterocycles. The van der Waals surface area contributed by atoms with Crippen LogP contribution in [0.15, 0.2) is 47.3 Å². The number of phenols is 1. The van der Waals surface area contributed by atoms with Gasteiger partial charge in [-0.15, -0.1) is 0 Å². The third-order valence-corrected chi connectivity index (χ3v) is 6.11. The Labute approximate surface area is 178 Å². The number of hydrogen-bond donors (Lipinski definition) is 2. The zero-order valence-electron chi connectivity index (χ0n) is 16.9. The van der Waals surface area contributed by atoms with Crippen LogP contribution in [0.5, 0.6) is 5.75 Å². The average Bonchev–Trinajstić information content (AvgIpc) is 3.41. The first-order chi connectivity index (χ1) is 15.0. The van der Waals surface area contributed by atoms with Gasteiger partial charge in [0.25, 0.3) is 0 Å². The van der Waals surface area contributed by atoms with Crippen molar-refractivity contribution in [3.05, 3.63) is 64.6 Å². The Bertz CT molecular complexity index is 1200. The third kappa shape index (κ3) is 3.85. The number of nitrogens with one attached hydrogen (secondary N) is 1. The number of carbonyl (C=O) groups is 1. The summed E-state index contributed by atoms with van der Waals surface area (Å²) in [5.41, 5.74) is 0.904. The van der Waals surface area contributed by atoms with Gasteiger partial charge in [-0.05, 0) is 60.6 Å². The molecule has 2 fully saturated rings. The van der Waals surface area contributed by atoms with E-state index in [4.69, 9.17) is 0 Å². The molecule has 1 unspecified atom stereocenters. The van der Waals surface area contributed by atoms with Gasteiger partial charge in [-0.2, -0.15) is 5.10 Å². The van der Waals surface area contributed by atoms with Crippen LogP contribution in [0.25, 0.3) is 16.8 Å². The molecule has 1 aromatic heterocycles. The monoisotopic (exact) mass is 422 g/mol. The van der Waals surface area contributed by atoms with Crippen LogP contribution >= 0.6 is 0 Å². The van der Waals surface area contributed by atoms with E-state index >= 15 is 4.39 Å². The van der Waals surface area contributed by atoms with E-state index in [1.807, 2.05) is 4.90 Å². The van der Waals surface area contributed by atoms with E-state index in [9.17, 15) is 14.7 Å². The Hall–Kier alpha value is -3.42. The number of rotatable bonds is 5. The zero-order chi connectivity index (χ0) is 21.5. The van der Waals surface area contributed by atoms with E-state index in [2.05, 4.69) is 10.2 Å². The summed E-state index contributed by atoms with van der Waals surface area (Å²) in [6.45, 7) is 1.37. The number of aromatic nitrogens is 3. The van der Waals surface area contributed by atoms with Crippen molar-refractivity contribution < 1.29 is 14.3 Å². The maximum absolute atomic E-state index is 15.0. The molecule has 1 aliphatic carbocycles. The summed E-state index contributed by atoms with van der Waals surface area (Å²) in [5, 5.41) is 16.2. The Morgan fingerprint density at radius 2 is 1.97 bits per heavy atom. The molecule has 3 aromatic rings. The standard InChI is InChI=1S/C23H23FN4O3/c24-19-12-17(16-2-1-3-18(29)11-16)6-7-20(19)28-21(25-26-23(28)31)10-14-8-9-27(13-14)22(30)15-4-5-15/h1-3,6-7,11-12,14-15,29H,4-5,8-10,13H2,(H,26,31). The highest BCUT2D eigenvalue weighted by Gasteiger charge is 2.37. The molecule has 1 aliphatic heterocycles. The minimum Gasteiger partial charge on any atom is -0.508 e. The highest BCUT2D eigenvalue weighted by molar-refractivity contribution is 5.81. The molecule has 2 aromatic carbocycles. The Kier molecular flexibility index (Phi) is 4.84. The van der Waals surface area contributed by atoms with Gasteiger partial charge in [0.05, 0.1) is 5.69 Å². The number of aromatic hydroxyl groups is 1. The van der Waals surface area contributed by atoms with Crippen LogP contribution in [0.4, 0.5) is 4.39 Å². The van der Waals surface area contributed by atoms with Crippen LogP contribution in [0.1, 0.15) is 25.1 Å². The van der Waals surface area contributed by atoms with Crippen molar-refractivity contribution in [1.82, 2.24) is 19.7 Å². The molecular weight excluding hydrogens is 399 g/mol. The smallest absolute Gasteiger partial charge is 0.348 e. The van der Waals surface area contributed by atoms with E-state index in [1.54, 1.807) is 36.4 Å². The topological polar surface area (TPSA) is 91.2 Å². The fourth-order valence-corrected chi connectivity index (χ4v) is 4.31. The fourth-order valence-electron chi connectivity index (χ4n) is 4.31. The van der Waals surface area contributed by atoms with Gasteiger partial charge in [-0.3, -0.25) is 4.79 Å². The van der Waals surface area contributed by atoms with Gasteiger partial charge in [0.15, 0.2) is 0 Å². The van der Waals surface area contributed by atoms with Crippen molar-refractivity contribution in [2.24, 2.45) is 11.8 Å². The van der Waals surface area contributed by atoms with E-state index in [-0.39, 0.29) is 29.2 Å². The molecule has 5 rings (SSSR count). The quantitative estimate of drug-likeness (QED) is 0.662. The molecule has 7 nitrogen and oxygen atoms in total. The van der Waals surface area contributed by atoms with E-state index in [0.717, 1.165) is 25.8 Å². The molecule has 1 saturated carbocycles. The summed E-state index contributed by atoms with van der Waals surface area (Å²) in [5.74, 6) is 0.617. The minimum absolute atomic E-state index is 0.0982. The van der Waals surface area contributed by atoms with Gasteiger partial charge in [0, 0.05) is 25.4 Å². The summed E-state index contributed by atoms with van der Waals surface area (Å²) in [6.07, 6.45) is 3.30. The lowest BCUT2D eigenvalue weighted by Crippen LogP contribution is -2.30. The number of aromatic amines is 1. The fraction of sp³-hybridized carbons (Fsp3) is 0.348. The Morgan fingerprint density at radius 3 is 2.71 bits per heavy atom. The highest BCUT2D eigenvalue weighted by Crippen LogP contribution is 2.33. The Morgan fingerprint density at radius 1 is 1.16 bits per heavy atom. The molecule has 2 N–H and O–H groups in total. The van der Waals surface area contributed by atoms with Crippen LogP contribution in [0, 0.1) is 17.7 Å². The van der Waals surface area contributed by atoms with Gasteiger partial charge in [0.1, 0.15) is 17.4 Å². The largest absolute Gasteiger partial charge is 0.508 e. The van der Waals surface area contributed by atoms with Crippen LogP contribution < -0.4 is 5.69 Å². The molecule has 1 amide bonds. The van der Waals surface area contributed by atoms with E-state index in [1.165, 1.54) is 10.6 Å². The normalized spacial score (nSPS) is 18.5. The predicted octanol–water partition coefficient (Wildman–Crippen LogP) is 2.87. The molecule has 1 atom stereocenters. The molecule has 0 spiro atoms. The molecular formula is C23H23FN4O3. The first kappa shape index (κ1) is 19.5. The SMILES string of the molecule is O=C(C1CC1)N1CCC(Cc2n[nH]c(=O)n2-c2ccc(-c3cccc(O)c3)cc2F)C1. The van der Waals surface area contributed by atoms with Crippen molar-refractivity contribution in [3.8, 4) is 22.6 Å². The van der Waals surface area contributed by atoms with Crippen molar-refractivity contribution in [1.29, 1.82) is 0 Å².